The number of hydrogen-bond acceptors (Lipinski definition) is 6. The molecule has 0 bridgehead atoms. The first-order valence-corrected chi connectivity index (χ1v) is 6.76. The molecule has 0 N–H and O–H groups in total. The minimum atomic E-state index is -0.448. The van der Waals surface area contributed by atoms with Crippen molar-refractivity contribution in [1.82, 2.24) is 4.98 Å². The first kappa shape index (κ1) is 13.6. The molecule has 0 aromatic carbocycles. The number of ether oxygens (including phenoxy) is 2. The molecule has 0 saturated carbocycles. The Hall–Kier alpha value is -0.850. The van der Waals surface area contributed by atoms with Crippen molar-refractivity contribution in [1.29, 1.82) is 0 Å². The minimum absolute atomic E-state index is 0.200. The van der Waals surface area contributed by atoms with Crippen LogP contribution in [0.3, 0.4) is 0 Å². The molecule has 1 fully saturated rings. The first-order chi connectivity index (χ1) is 8.43. The predicted molar refractivity (Wildman–Crippen MR) is 70.7 cm³/mol. The average molecular weight is 291 g/mol. The van der Waals surface area contributed by atoms with E-state index in [9.17, 15) is 4.79 Å². The predicted octanol–water partition coefficient (Wildman–Crippen LogP) is 2.20. The highest BCUT2D eigenvalue weighted by Gasteiger charge is 2.30. The molecule has 1 aromatic rings. The Morgan fingerprint density at radius 1 is 1.61 bits per heavy atom. The highest BCUT2D eigenvalue weighted by Crippen LogP contribution is 2.32. The van der Waals surface area contributed by atoms with Gasteiger partial charge in [0, 0.05) is 13.1 Å². The molecular formula is C11H15ClN2O3S. The van der Waals surface area contributed by atoms with Crippen molar-refractivity contribution < 1.29 is 14.3 Å². The molecule has 100 valence electrons. The van der Waals surface area contributed by atoms with Crippen molar-refractivity contribution in [3.8, 4) is 0 Å². The summed E-state index contributed by atoms with van der Waals surface area (Å²) in [5.41, 5.74) is -0.220. The lowest BCUT2D eigenvalue weighted by atomic mass is 10.1. The third-order valence-corrected chi connectivity index (χ3v) is 4.12. The number of carbonyl (C=O) groups is 1. The quantitative estimate of drug-likeness (QED) is 0.782. The number of aromatic nitrogens is 1. The molecule has 1 saturated heterocycles. The van der Waals surface area contributed by atoms with Gasteiger partial charge in [-0.3, -0.25) is 0 Å². The monoisotopic (exact) mass is 290 g/mol. The number of methoxy groups -OCH3 is 1. The fourth-order valence-corrected chi connectivity index (χ4v) is 3.05. The topological polar surface area (TPSA) is 51.7 Å². The van der Waals surface area contributed by atoms with Gasteiger partial charge in [-0.1, -0.05) is 22.9 Å². The number of morpholine rings is 1. The van der Waals surface area contributed by atoms with Crippen LogP contribution in [0.15, 0.2) is 0 Å². The summed E-state index contributed by atoms with van der Waals surface area (Å²) >= 11 is 7.20. The maximum atomic E-state index is 11.5. The van der Waals surface area contributed by atoms with Crippen LogP contribution in [0.2, 0.25) is 5.15 Å². The van der Waals surface area contributed by atoms with E-state index in [2.05, 4.69) is 14.6 Å². The van der Waals surface area contributed by atoms with Crippen molar-refractivity contribution in [2.24, 2.45) is 0 Å². The van der Waals surface area contributed by atoms with Crippen LogP contribution in [-0.4, -0.2) is 43.4 Å². The van der Waals surface area contributed by atoms with Gasteiger partial charge in [-0.15, -0.1) is 0 Å². The number of thiazole rings is 1. The van der Waals surface area contributed by atoms with Crippen LogP contribution in [0.1, 0.15) is 23.5 Å². The van der Waals surface area contributed by atoms with Gasteiger partial charge in [0.15, 0.2) is 15.2 Å². The van der Waals surface area contributed by atoms with Gasteiger partial charge in [0.05, 0.1) is 19.3 Å². The largest absolute Gasteiger partial charge is 0.465 e. The van der Waals surface area contributed by atoms with E-state index in [1.165, 1.54) is 18.4 Å². The van der Waals surface area contributed by atoms with E-state index in [1.54, 1.807) is 0 Å². The zero-order valence-electron chi connectivity index (χ0n) is 10.5. The van der Waals surface area contributed by atoms with Crippen molar-refractivity contribution >= 4 is 34.0 Å². The third-order valence-electron chi connectivity index (χ3n) is 2.64. The summed E-state index contributed by atoms with van der Waals surface area (Å²) < 4.78 is 10.3. The summed E-state index contributed by atoms with van der Waals surface area (Å²) in [7, 11) is 1.33. The van der Waals surface area contributed by atoms with Gasteiger partial charge in [0.1, 0.15) is 0 Å². The van der Waals surface area contributed by atoms with Crippen LogP contribution in [-0.2, 0) is 9.47 Å². The van der Waals surface area contributed by atoms with Crippen LogP contribution in [0.25, 0.3) is 0 Å². The van der Waals surface area contributed by atoms with E-state index in [-0.39, 0.29) is 10.8 Å². The normalized spacial score (nSPS) is 18.8. The van der Waals surface area contributed by atoms with E-state index in [4.69, 9.17) is 16.3 Å². The molecule has 2 heterocycles. The Kier molecular flexibility index (Phi) is 3.79. The molecule has 0 atom stereocenters. The van der Waals surface area contributed by atoms with Crippen LogP contribution in [0.4, 0.5) is 5.13 Å². The van der Waals surface area contributed by atoms with Crippen LogP contribution in [0.5, 0.6) is 0 Å². The van der Waals surface area contributed by atoms with E-state index in [1.807, 2.05) is 13.8 Å². The molecule has 0 aliphatic carbocycles. The maximum Gasteiger partial charge on any atom is 0.351 e. The Morgan fingerprint density at radius 2 is 2.33 bits per heavy atom. The smallest absolute Gasteiger partial charge is 0.351 e. The number of hydrogen-bond donors (Lipinski definition) is 0. The molecule has 1 aliphatic heterocycles. The maximum absolute atomic E-state index is 11.5. The summed E-state index contributed by atoms with van der Waals surface area (Å²) in [6, 6.07) is 0. The third kappa shape index (κ3) is 2.76. The van der Waals surface area contributed by atoms with Gasteiger partial charge in [-0.2, -0.15) is 0 Å². The fourth-order valence-electron chi connectivity index (χ4n) is 1.82. The lowest BCUT2D eigenvalue weighted by Gasteiger charge is -2.37. The summed E-state index contributed by atoms with van der Waals surface area (Å²) in [4.78, 5) is 18.1. The van der Waals surface area contributed by atoms with Gasteiger partial charge in [0.2, 0.25) is 0 Å². The van der Waals surface area contributed by atoms with E-state index < -0.39 is 5.97 Å². The SMILES string of the molecule is COC(=O)c1sc(N2CCOC(C)(C)C2)nc1Cl. The van der Waals surface area contributed by atoms with Crippen molar-refractivity contribution in [2.45, 2.75) is 19.4 Å². The molecule has 0 radical (unpaired) electrons. The number of halogens is 1. The van der Waals surface area contributed by atoms with Gasteiger partial charge >= 0.3 is 5.97 Å². The zero-order chi connectivity index (χ0) is 13.3. The Balaban J connectivity index is 2.21. The highest BCUT2D eigenvalue weighted by molar-refractivity contribution is 7.18. The number of anilines is 1. The highest BCUT2D eigenvalue weighted by atomic mass is 35.5. The second-order valence-electron chi connectivity index (χ2n) is 4.64. The molecule has 1 aromatic heterocycles. The van der Waals surface area contributed by atoms with Crippen molar-refractivity contribution in [2.75, 3.05) is 31.7 Å². The van der Waals surface area contributed by atoms with Gasteiger partial charge in [-0.25, -0.2) is 9.78 Å². The number of nitrogens with zero attached hydrogens (tertiary/aromatic N) is 2. The van der Waals surface area contributed by atoms with E-state index in [0.717, 1.165) is 18.2 Å². The van der Waals surface area contributed by atoms with E-state index >= 15 is 0 Å². The second-order valence-corrected chi connectivity index (χ2v) is 5.97. The lowest BCUT2D eigenvalue weighted by Crippen LogP contribution is -2.48. The molecule has 0 unspecified atom stereocenters. The van der Waals surface area contributed by atoms with Gasteiger partial charge < -0.3 is 14.4 Å². The molecule has 18 heavy (non-hydrogen) atoms. The standard InChI is InChI=1S/C11H15ClN2O3S/c1-11(2)6-14(4-5-17-11)10-13-8(12)7(18-10)9(15)16-3/h4-6H2,1-3H3. The lowest BCUT2D eigenvalue weighted by molar-refractivity contribution is -0.0277. The molecule has 7 heteroatoms. The molecule has 1 aliphatic rings. The van der Waals surface area contributed by atoms with Crippen LogP contribution in [0, 0.1) is 0 Å². The van der Waals surface area contributed by atoms with Crippen molar-refractivity contribution in [3.63, 3.8) is 0 Å². The molecule has 5 nitrogen and oxygen atoms in total. The Morgan fingerprint density at radius 3 is 2.94 bits per heavy atom. The molecule has 0 amide bonds. The average Bonchev–Trinajstić information content (AvgIpc) is 2.69. The number of carbonyl (C=O) groups excluding carboxylic acids is 1. The number of rotatable bonds is 2. The van der Waals surface area contributed by atoms with Gasteiger partial charge in [0.25, 0.3) is 0 Å². The fraction of sp³-hybridized carbons (Fsp3) is 0.636. The zero-order valence-corrected chi connectivity index (χ0v) is 12.1. The second kappa shape index (κ2) is 5.03. The molecule has 0 spiro atoms. The Labute approximate surface area is 115 Å². The first-order valence-electron chi connectivity index (χ1n) is 5.56. The number of esters is 1. The van der Waals surface area contributed by atoms with Gasteiger partial charge in [-0.05, 0) is 13.8 Å². The van der Waals surface area contributed by atoms with Crippen LogP contribution >= 0.6 is 22.9 Å². The summed E-state index contributed by atoms with van der Waals surface area (Å²) in [6.07, 6.45) is 0. The minimum Gasteiger partial charge on any atom is -0.465 e. The summed E-state index contributed by atoms with van der Waals surface area (Å²) in [5, 5.41) is 0.933. The Bertz CT molecular complexity index is 461. The molecule has 2 rings (SSSR count). The summed E-state index contributed by atoms with van der Waals surface area (Å²) in [5.74, 6) is -0.448. The van der Waals surface area contributed by atoms with Crippen molar-refractivity contribution in [3.05, 3.63) is 10.0 Å². The summed E-state index contributed by atoms with van der Waals surface area (Å²) in [6.45, 7) is 6.15. The molecular weight excluding hydrogens is 276 g/mol. The van der Waals surface area contributed by atoms with E-state index in [0.29, 0.717) is 11.5 Å². The van der Waals surface area contributed by atoms with Crippen LogP contribution < -0.4 is 4.90 Å².